The summed E-state index contributed by atoms with van der Waals surface area (Å²) in [7, 11) is 1.29. The first-order valence-corrected chi connectivity index (χ1v) is 7.83. The average Bonchev–Trinajstić information content (AvgIpc) is 2.62. The fourth-order valence-corrected chi connectivity index (χ4v) is 2.64. The third-order valence-electron chi connectivity index (χ3n) is 3.91. The van der Waals surface area contributed by atoms with Crippen molar-refractivity contribution in [2.45, 2.75) is 13.8 Å². The molecule has 126 valence electrons. The van der Waals surface area contributed by atoms with Gasteiger partial charge in [-0.1, -0.05) is 6.07 Å². The molecule has 0 aliphatic carbocycles. The largest absolute Gasteiger partial charge is 0.508 e. The average molecular weight is 327 g/mol. The normalized spacial score (nSPS) is 10.3. The van der Waals surface area contributed by atoms with Gasteiger partial charge >= 0.3 is 5.97 Å². The molecule has 0 aromatic heterocycles. The number of ketones is 1. The van der Waals surface area contributed by atoms with Crippen LogP contribution in [0.1, 0.15) is 40.1 Å². The second kappa shape index (κ2) is 7.64. The summed E-state index contributed by atoms with van der Waals surface area (Å²) in [4.78, 5) is 27.2. The van der Waals surface area contributed by atoms with E-state index in [1.54, 1.807) is 12.1 Å². The van der Waals surface area contributed by atoms with E-state index in [4.69, 9.17) is 4.74 Å². The number of carbonyl (C=O) groups is 2. The van der Waals surface area contributed by atoms with Crippen molar-refractivity contribution in [3.05, 3.63) is 59.2 Å². The van der Waals surface area contributed by atoms with Gasteiger partial charge in [0.05, 0.1) is 18.2 Å². The highest BCUT2D eigenvalue weighted by molar-refractivity contribution is 6.17. The number of hydrogen-bond donors (Lipinski definition) is 1. The maximum Gasteiger partial charge on any atom is 0.338 e. The molecule has 0 radical (unpaired) electrons. The number of rotatable bonds is 6. The molecular weight excluding hydrogens is 306 g/mol. The SMILES string of the molecule is CCN(CC)c1cccc(C(=O)OC)c1C(=O)c1ccc(O)cc1. The highest BCUT2D eigenvalue weighted by Gasteiger charge is 2.24. The zero-order valence-electron chi connectivity index (χ0n) is 14.1. The van der Waals surface area contributed by atoms with Crippen molar-refractivity contribution in [3.8, 4) is 5.75 Å². The van der Waals surface area contributed by atoms with Gasteiger partial charge in [0.15, 0.2) is 5.78 Å². The number of methoxy groups -OCH3 is 1. The van der Waals surface area contributed by atoms with Crippen molar-refractivity contribution in [2.24, 2.45) is 0 Å². The molecular formula is C19H21NO4. The zero-order valence-corrected chi connectivity index (χ0v) is 14.1. The maximum atomic E-state index is 13.0. The predicted octanol–water partition coefficient (Wildman–Crippen LogP) is 3.26. The number of hydrogen-bond acceptors (Lipinski definition) is 5. The Morgan fingerprint density at radius 2 is 1.67 bits per heavy atom. The Kier molecular flexibility index (Phi) is 5.58. The lowest BCUT2D eigenvalue weighted by Crippen LogP contribution is -2.26. The Morgan fingerprint density at radius 3 is 2.21 bits per heavy atom. The Morgan fingerprint density at radius 1 is 1.04 bits per heavy atom. The number of esters is 1. The summed E-state index contributed by atoms with van der Waals surface area (Å²) in [5.74, 6) is -0.749. The van der Waals surface area contributed by atoms with Crippen LogP contribution in [0.2, 0.25) is 0 Å². The molecule has 2 rings (SSSR count). The van der Waals surface area contributed by atoms with Crippen LogP contribution in [0.15, 0.2) is 42.5 Å². The summed E-state index contributed by atoms with van der Waals surface area (Å²) in [6, 6.07) is 11.1. The van der Waals surface area contributed by atoms with E-state index in [1.807, 2.05) is 24.8 Å². The van der Waals surface area contributed by atoms with Crippen molar-refractivity contribution in [1.82, 2.24) is 0 Å². The van der Waals surface area contributed by atoms with Gasteiger partial charge in [0.2, 0.25) is 0 Å². The smallest absolute Gasteiger partial charge is 0.338 e. The first-order chi connectivity index (χ1) is 11.5. The Balaban J connectivity index is 2.65. The lowest BCUT2D eigenvalue weighted by atomic mass is 9.95. The van der Waals surface area contributed by atoms with Gasteiger partial charge in [-0.3, -0.25) is 4.79 Å². The van der Waals surface area contributed by atoms with Gasteiger partial charge in [-0.25, -0.2) is 4.79 Å². The number of phenols is 1. The second-order valence-electron chi connectivity index (χ2n) is 5.24. The summed E-state index contributed by atoms with van der Waals surface area (Å²) in [6.07, 6.45) is 0. The molecule has 2 aromatic carbocycles. The van der Waals surface area contributed by atoms with Crippen molar-refractivity contribution < 1.29 is 19.4 Å². The lowest BCUT2D eigenvalue weighted by molar-refractivity contribution is 0.0597. The quantitative estimate of drug-likeness (QED) is 0.651. The van der Waals surface area contributed by atoms with Crippen LogP contribution in [-0.4, -0.2) is 37.1 Å². The topological polar surface area (TPSA) is 66.8 Å². The van der Waals surface area contributed by atoms with Gasteiger partial charge < -0.3 is 14.7 Å². The predicted molar refractivity (Wildman–Crippen MR) is 92.9 cm³/mol. The molecule has 5 nitrogen and oxygen atoms in total. The molecule has 2 aromatic rings. The Hall–Kier alpha value is -2.82. The highest BCUT2D eigenvalue weighted by atomic mass is 16.5. The first-order valence-electron chi connectivity index (χ1n) is 7.83. The van der Waals surface area contributed by atoms with Gasteiger partial charge in [0, 0.05) is 24.3 Å². The minimum absolute atomic E-state index is 0.0803. The maximum absolute atomic E-state index is 13.0. The van der Waals surface area contributed by atoms with E-state index in [-0.39, 0.29) is 17.1 Å². The van der Waals surface area contributed by atoms with Crippen LogP contribution >= 0.6 is 0 Å². The molecule has 0 unspecified atom stereocenters. The van der Waals surface area contributed by atoms with E-state index in [0.29, 0.717) is 29.9 Å². The standard InChI is InChI=1S/C19H21NO4/c1-4-20(5-2)16-8-6-7-15(19(23)24-3)17(16)18(22)13-9-11-14(21)12-10-13/h6-12,21H,4-5H2,1-3H3. The minimum atomic E-state index is -0.550. The highest BCUT2D eigenvalue weighted by Crippen LogP contribution is 2.28. The number of benzene rings is 2. The number of phenolic OH excluding ortho intramolecular Hbond substituents is 1. The number of nitrogens with zero attached hydrogens (tertiary/aromatic N) is 1. The van der Waals surface area contributed by atoms with Crippen molar-refractivity contribution in [1.29, 1.82) is 0 Å². The third kappa shape index (κ3) is 3.40. The molecule has 0 atom stereocenters. The molecule has 24 heavy (non-hydrogen) atoms. The molecule has 0 fully saturated rings. The summed E-state index contributed by atoms with van der Waals surface area (Å²) < 4.78 is 4.83. The van der Waals surface area contributed by atoms with E-state index in [2.05, 4.69) is 0 Å². The lowest BCUT2D eigenvalue weighted by Gasteiger charge is -2.25. The van der Waals surface area contributed by atoms with E-state index in [9.17, 15) is 14.7 Å². The van der Waals surface area contributed by atoms with Crippen LogP contribution < -0.4 is 4.90 Å². The number of carbonyl (C=O) groups excluding carboxylic acids is 2. The molecule has 1 N–H and O–H groups in total. The van der Waals surface area contributed by atoms with E-state index >= 15 is 0 Å². The molecule has 0 amide bonds. The number of anilines is 1. The van der Waals surface area contributed by atoms with Crippen molar-refractivity contribution in [2.75, 3.05) is 25.1 Å². The van der Waals surface area contributed by atoms with E-state index < -0.39 is 5.97 Å². The Bertz CT molecular complexity index is 734. The zero-order chi connectivity index (χ0) is 17.7. The fraction of sp³-hybridized carbons (Fsp3) is 0.263. The number of aromatic hydroxyl groups is 1. The molecule has 5 heteroatoms. The fourth-order valence-electron chi connectivity index (χ4n) is 2.64. The van der Waals surface area contributed by atoms with Crippen LogP contribution in [0.5, 0.6) is 5.75 Å². The Labute approximate surface area is 141 Å². The van der Waals surface area contributed by atoms with Crippen molar-refractivity contribution >= 4 is 17.4 Å². The minimum Gasteiger partial charge on any atom is -0.508 e. The van der Waals surface area contributed by atoms with Crippen LogP contribution in [0.3, 0.4) is 0 Å². The molecule has 0 saturated carbocycles. The number of ether oxygens (including phenoxy) is 1. The summed E-state index contributed by atoms with van der Waals surface area (Å²) in [5.41, 5.74) is 1.65. The van der Waals surface area contributed by atoms with Gasteiger partial charge in [-0.2, -0.15) is 0 Å². The van der Waals surface area contributed by atoms with Crippen LogP contribution in [0.4, 0.5) is 5.69 Å². The van der Waals surface area contributed by atoms with E-state index in [0.717, 1.165) is 0 Å². The first kappa shape index (κ1) is 17.5. The van der Waals surface area contributed by atoms with Gasteiger partial charge in [-0.15, -0.1) is 0 Å². The van der Waals surface area contributed by atoms with Gasteiger partial charge in [0.1, 0.15) is 5.75 Å². The van der Waals surface area contributed by atoms with Gasteiger partial charge in [0.25, 0.3) is 0 Å². The summed E-state index contributed by atoms with van der Waals surface area (Å²) in [5, 5.41) is 9.42. The molecule has 0 saturated heterocycles. The third-order valence-corrected chi connectivity index (χ3v) is 3.91. The molecule has 0 aliphatic heterocycles. The molecule has 0 heterocycles. The van der Waals surface area contributed by atoms with Crippen LogP contribution in [0, 0.1) is 0 Å². The van der Waals surface area contributed by atoms with E-state index in [1.165, 1.54) is 31.4 Å². The molecule has 0 spiro atoms. The second-order valence-corrected chi connectivity index (χ2v) is 5.24. The van der Waals surface area contributed by atoms with Gasteiger partial charge in [-0.05, 0) is 50.2 Å². The summed E-state index contributed by atoms with van der Waals surface area (Å²) >= 11 is 0. The molecule has 0 bridgehead atoms. The van der Waals surface area contributed by atoms with Crippen LogP contribution in [-0.2, 0) is 4.74 Å². The monoisotopic (exact) mass is 327 g/mol. The molecule has 0 aliphatic rings. The van der Waals surface area contributed by atoms with Crippen molar-refractivity contribution in [3.63, 3.8) is 0 Å². The van der Waals surface area contributed by atoms with Crippen LogP contribution in [0.25, 0.3) is 0 Å². The summed E-state index contributed by atoms with van der Waals surface area (Å²) in [6.45, 7) is 5.39.